The predicted molar refractivity (Wildman–Crippen MR) is 147 cm³/mol. The van der Waals surface area contributed by atoms with Crippen molar-refractivity contribution in [2.24, 2.45) is 0 Å². The smallest absolute Gasteiger partial charge is 0.357 e. The van der Waals surface area contributed by atoms with Crippen LogP contribution in [-0.2, 0) is 10.5 Å². The van der Waals surface area contributed by atoms with Gasteiger partial charge in [-0.15, -0.1) is 0 Å². The maximum Gasteiger partial charge on any atom is 0.488 e. The van der Waals surface area contributed by atoms with Crippen molar-refractivity contribution in [1.82, 2.24) is 19.4 Å². The number of nitriles is 1. The number of likely N-dealkylation sites (tertiary alicyclic amines) is 1. The number of nitrogens with zero attached hydrogens (tertiary/aromatic N) is 4. The van der Waals surface area contributed by atoms with Crippen LogP contribution in [0.1, 0.15) is 30.0 Å². The zero-order valence-electron chi connectivity index (χ0n) is 21.2. The second-order valence-corrected chi connectivity index (χ2v) is 11.0. The number of fused-ring (bicyclic) bond motifs is 4. The molecule has 1 aliphatic rings. The first-order valence-corrected chi connectivity index (χ1v) is 13.8. The van der Waals surface area contributed by atoms with Crippen LogP contribution < -0.4 is 9.61 Å². The van der Waals surface area contributed by atoms with E-state index in [2.05, 4.69) is 36.7 Å². The molecule has 11 heteroatoms. The molecule has 4 heterocycles. The Labute approximate surface area is 223 Å². The molecule has 0 spiro atoms. The molecule has 1 N–H and O–H groups in total. The summed E-state index contributed by atoms with van der Waals surface area (Å²) in [5, 5.41) is 11.3. The van der Waals surface area contributed by atoms with Crippen molar-refractivity contribution < 1.29 is 16.5 Å². The van der Waals surface area contributed by atoms with Crippen molar-refractivity contribution in [1.29, 1.82) is 5.26 Å². The third-order valence-electron chi connectivity index (χ3n) is 7.50. The number of pyridine rings is 2. The maximum absolute atomic E-state index is 14.0. The molecule has 198 valence electrons. The lowest BCUT2D eigenvalue weighted by Crippen LogP contribution is -2.32. The summed E-state index contributed by atoms with van der Waals surface area (Å²) in [5.74, 6) is -0.249. The molecule has 0 amide bonds. The number of H-pyrrole nitrogens is 1. The summed E-state index contributed by atoms with van der Waals surface area (Å²) in [6.45, 7) is 3.66. The minimum Gasteiger partial charge on any atom is -0.357 e. The van der Waals surface area contributed by atoms with Crippen LogP contribution in [0.2, 0.25) is 0 Å². The molecule has 9 nitrogen and oxygen atoms in total. The molecule has 5 aromatic rings. The number of halogens is 1. The van der Waals surface area contributed by atoms with Gasteiger partial charge in [-0.05, 0) is 81.4 Å². The van der Waals surface area contributed by atoms with Gasteiger partial charge < -0.3 is 18.6 Å². The zero-order chi connectivity index (χ0) is 27.5. The van der Waals surface area contributed by atoms with Crippen molar-refractivity contribution in [3.8, 4) is 22.9 Å². The summed E-state index contributed by atoms with van der Waals surface area (Å²) in [6, 6.07) is 12.7. The number of aromatic nitrogens is 3. The highest BCUT2D eigenvalue weighted by Crippen LogP contribution is 2.36. The molecule has 0 saturated carbocycles. The van der Waals surface area contributed by atoms with E-state index in [0.29, 0.717) is 33.1 Å². The number of aryl methyl sites for hydroxylation is 1. The Morgan fingerprint density at radius 1 is 1.13 bits per heavy atom. The van der Waals surface area contributed by atoms with Crippen molar-refractivity contribution in [3.05, 3.63) is 70.1 Å². The van der Waals surface area contributed by atoms with Crippen LogP contribution in [0.25, 0.3) is 44.0 Å². The lowest BCUT2D eigenvalue weighted by atomic mass is 9.96. The Morgan fingerprint density at radius 3 is 2.62 bits per heavy atom. The van der Waals surface area contributed by atoms with Crippen LogP contribution in [0.15, 0.2) is 53.6 Å². The third-order valence-corrected chi connectivity index (χ3v) is 7.89. The standard InChI is InChI=1S/C28H24FN5O4S/c1-16-9-23-25(12-22(16)18-11-20(15-31-14-18)38-39(29,36)37)34(19-5-7-33(2)8-6-19)28-26(27(23)35)21-4-3-17(13-30)10-24(21)32-28/h3-4,9-12,14-15,19,32H,5-8H2,1-2H3. The van der Waals surface area contributed by atoms with Gasteiger partial charge in [-0.25, -0.2) is 0 Å². The highest BCUT2D eigenvalue weighted by Gasteiger charge is 2.25. The normalized spacial score (nSPS) is 15.2. The van der Waals surface area contributed by atoms with Crippen LogP contribution in [0.4, 0.5) is 3.89 Å². The van der Waals surface area contributed by atoms with E-state index in [4.69, 9.17) is 0 Å². The van der Waals surface area contributed by atoms with E-state index in [9.17, 15) is 22.4 Å². The first-order chi connectivity index (χ1) is 18.6. The molecule has 1 fully saturated rings. The van der Waals surface area contributed by atoms with Crippen molar-refractivity contribution in [2.45, 2.75) is 25.8 Å². The lowest BCUT2D eigenvalue weighted by Gasteiger charge is -2.32. The molecule has 3 aromatic heterocycles. The Kier molecular flexibility index (Phi) is 5.89. The minimum atomic E-state index is -5.21. The van der Waals surface area contributed by atoms with Crippen LogP contribution in [0, 0.1) is 18.3 Å². The van der Waals surface area contributed by atoms with E-state index in [1.165, 1.54) is 12.3 Å². The number of benzene rings is 2. The van der Waals surface area contributed by atoms with Crippen molar-refractivity contribution in [2.75, 3.05) is 20.1 Å². The second kappa shape index (κ2) is 9.18. The van der Waals surface area contributed by atoms with Crippen LogP contribution >= 0.6 is 0 Å². The molecule has 2 aromatic carbocycles. The summed E-state index contributed by atoms with van der Waals surface area (Å²) in [4.78, 5) is 23.7. The van der Waals surface area contributed by atoms with Crippen LogP contribution in [0.3, 0.4) is 0 Å². The first kappa shape index (κ1) is 25.0. The number of hydrogen-bond donors (Lipinski definition) is 1. The van der Waals surface area contributed by atoms with Gasteiger partial charge in [-0.2, -0.15) is 13.7 Å². The van der Waals surface area contributed by atoms with Gasteiger partial charge in [0.1, 0.15) is 5.65 Å². The van der Waals surface area contributed by atoms with Gasteiger partial charge in [-0.3, -0.25) is 9.78 Å². The number of hydrogen-bond acceptors (Lipinski definition) is 7. The number of aromatic amines is 1. The van der Waals surface area contributed by atoms with Gasteiger partial charge in [0, 0.05) is 34.1 Å². The highest BCUT2D eigenvalue weighted by molar-refractivity contribution is 7.81. The average molecular weight is 546 g/mol. The summed E-state index contributed by atoms with van der Waals surface area (Å²) in [5.41, 5.74) is 4.51. The Morgan fingerprint density at radius 2 is 1.90 bits per heavy atom. The molecule has 1 aliphatic heterocycles. The quantitative estimate of drug-likeness (QED) is 0.324. The van der Waals surface area contributed by atoms with Crippen molar-refractivity contribution >= 4 is 43.3 Å². The summed E-state index contributed by atoms with van der Waals surface area (Å²) in [7, 11) is -3.12. The first-order valence-electron chi connectivity index (χ1n) is 12.5. The van der Waals surface area contributed by atoms with Gasteiger partial charge in [0.15, 0.2) is 11.2 Å². The van der Waals surface area contributed by atoms with Gasteiger partial charge in [0.05, 0.1) is 28.7 Å². The largest absolute Gasteiger partial charge is 0.488 e. The molecule has 39 heavy (non-hydrogen) atoms. The van der Waals surface area contributed by atoms with Crippen molar-refractivity contribution in [3.63, 3.8) is 0 Å². The van der Waals surface area contributed by atoms with Gasteiger partial charge in [0.25, 0.3) is 0 Å². The molecule has 1 saturated heterocycles. The number of rotatable bonds is 4. The maximum atomic E-state index is 14.0. The zero-order valence-corrected chi connectivity index (χ0v) is 22.0. The van der Waals surface area contributed by atoms with Gasteiger partial charge in [0.2, 0.25) is 0 Å². The highest BCUT2D eigenvalue weighted by atomic mass is 32.3. The molecule has 0 radical (unpaired) electrons. The van der Waals surface area contributed by atoms with E-state index in [1.807, 2.05) is 25.1 Å². The van der Waals surface area contributed by atoms with Gasteiger partial charge >= 0.3 is 10.5 Å². The molecule has 6 rings (SSSR count). The second-order valence-electron chi connectivity index (χ2n) is 10.0. The van der Waals surface area contributed by atoms with E-state index < -0.39 is 10.5 Å². The molecular formula is C28H24FN5O4S. The van der Waals surface area contributed by atoms with Crippen LogP contribution in [-0.4, -0.2) is 48.0 Å². The number of piperidine rings is 1. The average Bonchev–Trinajstić information content (AvgIpc) is 3.27. The fraction of sp³-hybridized carbons (Fsp3) is 0.250. The molecule has 0 atom stereocenters. The topological polar surface area (TPSA) is 121 Å². The predicted octanol–water partition coefficient (Wildman–Crippen LogP) is 4.74. The minimum absolute atomic E-state index is 0.107. The summed E-state index contributed by atoms with van der Waals surface area (Å²) >= 11 is 0. The van der Waals surface area contributed by atoms with E-state index in [1.54, 1.807) is 12.1 Å². The van der Waals surface area contributed by atoms with E-state index >= 15 is 0 Å². The Bertz CT molecular complexity index is 2000. The Balaban J connectivity index is 1.66. The fourth-order valence-electron chi connectivity index (χ4n) is 5.67. The number of nitrogens with one attached hydrogen (secondary N) is 1. The molecule has 0 aliphatic carbocycles. The SMILES string of the molecule is Cc1cc2c(=O)c3c4ccc(C#N)cc4[nH]c3n(C3CCN(C)CC3)c2cc1-c1cncc(OS(=O)(=O)F)c1. The lowest BCUT2D eigenvalue weighted by molar-refractivity contribution is 0.226. The summed E-state index contributed by atoms with van der Waals surface area (Å²) in [6.07, 6.45) is 4.42. The van der Waals surface area contributed by atoms with E-state index in [-0.39, 0.29) is 17.2 Å². The monoisotopic (exact) mass is 545 g/mol. The Hall–Kier alpha value is -4.27. The fourth-order valence-corrected chi connectivity index (χ4v) is 5.99. The molecular weight excluding hydrogens is 521 g/mol. The molecule has 0 unspecified atom stereocenters. The summed E-state index contributed by atoms with van der Waals surface area (Å²) < 4.78 is 41.8. The molecule has 0 bridgehead atoms. The van der Waals surface area contributed by atoms with E-state index in [0.717, 1.165) is 54.1 Å². The third kappa shape index (κ3) is 4.41. The van der Waals surface area contributed by atoms with Crippen LogP contribution in [0.5, 0.6) is 5.75 Å². The van der Waals surface area contributed by atoms with Gasteiger partial charge in [-0.1, -0.05) is 9.95 Å².